The summed E-state index contributed by atoms with van der Waals surface area (Å²) in [6.45, 7) is 0.448. The number of nitrogens with zero attached hydrogens (tertiary/aromatic N) is 5. The molecule has 12 heteroatoms. The van der Waals surface area contributed by atoms with Gasteiger partial charge in [0.2, 0.25) is 5.91 Å². The quantitative estimate of drug-likeness (QED) is 0.500. The smallest absolute Gasteiger partial charge is 0.270 e. The Morgan fingerprint density at radius 1 is 1.31 bits per heavy atom. The second kappa shape index (κ2) is 9.39. The van der Waals surface area contributed by atoms with E-state index in [9.17, 15) is 19.1 Å². The van der Waals surface area contributed by atoms with Crippen molar-refractivity contribution in [2.24, 2.45) is 0 Å². The molecular weight excluding hydrogens is 441 g/mol. The Hall–Kier alpha value is -3.41. The lowest BCUT2D eigenvalue weighted by Gasteiger charge is -2.26. The van der Waals surface area contributed by atoms with Gasteiger partial charge in [-0.25, -0.2) is 14.5 Å². The summed E-state index contributed by atoms with van der Waals surface area (Å²) in [5, 5.41) is 25.7. The van der Waals surface area contributed by atoms with Crippen molar-refractivity contribution in [1.82, 2.24) is 36.0 Å². The first-order valence-corrected chi connectivity index (χ1v) is 10.1. The minimum atomic E-state index is -1.74. The fraction of sp³-hybridized carbons (Fsp3) is 0.250. The number of halogens is 2. The number of hydrogen-bond donors (Lipinski definition) is 3. The molecule has 3 N–H and O–H groups in total. The van der Waals surface area contributed by atoms with Crippen LogP contribution < -0.4 is 10.7 Å². The zero-order valence-corrected chi connectivity index (χ0v) is 17.4. The molecule has 166 valence electrons. The monoisotopic (exact) mass is 459 g/mol. The second-order valence-corrected chi connectivity index (χ2v) is 7.53. The topological polar surface area (TPSA) is 125 Å². The Labute approximate surface area is 186 Å². The number of carbonyl (C=O) groups excluding carboxylic acids is 2. The molecule has 0 radical (unpaired) electrons. The number of nitrogens with one attached hydrogen (secondary N) is 2. The predicted octanol–water partition coefficient (Wildman–Crippen LogP) is 0.910. The highest BCUT2D eigenvalue weighted by Gasteiger charge is 2.38. The third-order valence-electron chi connectivity index (χ3n) is 5.08. The number of aliphatic hydroxyl groups is 1. The molecule has 32 heavy (non-hydrogen) atoms. The number of carbonyl (C=O) groups is 2. The standard InChI is InChI=1S/C20H19ClFN7O3/c21-13-5-6-16(28-11-24-26-27-28)12(9-13)10-23-19(31)17-7-8-25-29(17)20(32)18(30)14-3-1-2-4-15(14)22/h1-6,9,11,17-18,25,30H,7-8,10H2,(H,23,31)/t17-,18?/m0/s1. The van der Waals surface area contributed by atoms with Gasteiger partial charge in [0.1, 0.15) is 18.2 Å². The molecular formula is C20H19ClFN7O3. The van der Waals surface area contributed by atoms with Crippen LogP contribution >= 0.6 is 11.6 Å². The SMILES string of the molecule is O=C(NCc1cc(Cl)ccc1-n1cnnn1)[C@@H]1CCNN1C(=O)C(O)c1ccccc1F. The first kappa shape index (κ1) is 21.8. The summed E-state index contributed by atoms with van der Waals surface area (Å²) >= 11 is 6.10. The van der Waals surface area contributed by atoms with Crippen LogP contribution in [-0.4, -0.2) is 54.7 Å². The van der Waals surface area contributed by atoms with E-state index in [1.807, 2.05) is 0 Å². The fourth-order valence-electron chi connectivity index (χ4n) is 3.49. The molecule has 0 saturated carbocycles. The van der Waals surface area contributed by atoms with Crippen LogP contribution in [0.25, 0.3) is 5.69 Å². The van der Waals surface area contributed by atoms with Crippen molar-refractivity contribution in [1.29, 1.82) is 0 Å². The minimum absolute atomic E-state index is 0.100. The van der Waals surface area contributed by atoms with Gasteiger partial charge in [-0.2, -0.15) is 0 Å². The van der Waals surface area contributed by atoms with E-state index < -0.39 is 29.8 Å². The molecule has 1 aromatic heterocycles. The lowest BCUT2D eigenvalue weighted by molar-refractivity contribution is -0.148. The van der Waals surface area contributed by atoms with Gasteiger partial charge in [0.15, 0.2) is 6.10 Å². The van der Waals surface area contributed by atoms with Gasteiger partial charge in [-0.15, -0.1) is 5.10 Å². The molecule has 3 aromatic rings. The van der Waals surface area contributed by atoms with E-state index in [1.165, 1.54) is 29.2 Å². The van der Waals surface area contributed by atoms with Gasteiger partial charge in [-0.3, -0.25) is 14.6 Å². The van der Waals surface area contributed by atoms with Crippen molar-refractivity contribution in [3.05, 3.63) is 70.8 Å². The number of aromatic nitrogens is 4. The number of benzene rings is 2. The average molecular weight is 460 g/mol. The average Bonchev–Trinajstić information content (AvgIpc) is 3.49. The third-order valence-corrected chi connectivity index (χ3v) is 5.31. The normalized spacial score (nSPS) is 16.7. The molecule has 0 spiro atoms. The third kappa shape index (κ3) is 4.44. The summed E-state index contributed by atoms with van der Waals surface area (Å²) in [5.41, 5.74) is 3.92. The summed E-state index contributed by atoms with van der Waals surface area (Å²) in [7, 11) is 0. The van der Waals surface area contributed by atoms with Crippen LogP contribution in [0.15, 0.2) is 48.8 Å². The van der Waals surface area contributed by atoms with Gasteiger partial charge in [0, 0.05) is 23.7 Å². The van der Waals surface area contributed by atoms with Crippen LogP contribution in [-0.2, 0) is 16.1 Å². The Balaban J connectivity index is 1.46. The van der Waals surface area contributed by atoms with Crippen LogP contribution in [0.4, 0.5) is 4.39 Å². The van der Waals surface area contributed by atoms with Crippen molar-refractivity contribution >= 4 is 23.4 Å². The van der Waals surface area contributed by atoms with E-state index in [-0.39, 0.29) is 12.1 Å². The summed E-state index contributed by atoms with van der Waals surface area (Å²) in [6, 6.07) is 9.65. The summed E-state index contributed by atoms with van der Waals surface area (Å²) in [6.07, 6.45) is 0.00754. The molecule has 4 rings (SSSR count). The van der Waals surface area contributed by atoms with Crippen molar-refractivity contribution in [3.63, 3.8) is 0 Å². The molecule has 2 aromatic carbocycles. The number of hydrogen-bond acceptors (Lipinski definition) is 7. The largest absolute Gasteiger partial charge is 0.378 e. The maximum Gasteiger partial charge on any atom is 0.270 e. The number of aliphatic hydroxyl groups excluding tert-OH is 1. The first-order chi connectivity index (χ1) is 15.5. The minimum Gasteiger partial charge on any atom is -0.378 e. The molecule has 1 aliphatic heterocycles. The van der Waals surface area contributed by atoms with Crippen LogP contribution in [0, 0.1) is 5.82 Å². The van der Waals surface area contributed by atoms with Crippen molar-refractivity contribution in [2.75, 3.05) is 6.54 Å². The zero-order valence-electron chi connectivity index (χ0n) is 16.7. The molecule has 1 aliphatic rings. The fourth-order valence-corrected chi connectivity index (χ4v) is 3.69. The molecule has 0 bridgehead atoms. The highest BCUT2D eigenvalue weighted by molar-refractivity contribution is 6.30. The van der Waals surface area contributed by atoms with Gasteiger partial charge < -0.3 is 10.4 Å². The highest BCUT2D eigenvalue weighted by Crippen LogP contribution is 2.22. The van der Waals surface area contributed by atoms with E-state index in [1.54, 1.807) is 18.2 Å². The number of tetrazole rings is 1. The Morgan fingerprint density at radius 2 is 2.12 bits per heavy atom. The molecule has 0 aliphatic carbocycles. The predicted molar refractivity (Wildman–Crippen MR) is 111 cm³/mol. The van der Waals surface area contributed by atoms with Crippen molar-refractivity contribution in [3.8, 4) is 5.69 Å². The Morgan fingerprint density at radius 3 is 2.88 bits per heavy atom. The highest BCUT2D eigenvalue weighted by atomic mass is 35.5. The summed E-state index contributed by atoms with van der Waals surface area (Å²) in [4.78, 5) is 25.6. The number of hydrazine groups is 1. The van der Waals surface area contributed by atoms with Crippen LogP contribution in [0.1, 0.15) is 23.7 Å². The van der Waals surface area contributed by atoms with E-state index in [2.05, 4.69) is 26.3 Å². The number of rotatable bonds is 6. The van der Waals surface area contributed by atoms with Gasteiger partial charge in [-0.1, -0.05) is 29.8 Å². The van der Waals surface area contributed by atoms with Crippen LogP contribution in [0.3, 0.4) is 0 Å². The Bertz CT molecular complexity index is 1130. The van der Waals surface area contributed by atoms with E-state index in [0.29, 0.717) is 29.2 Å². The van der Waals surface area contributed by atoms with Gasteiger partial charge >= 0.3 is 0 Å². The molecule has 2 amide bonds. The van der Waals surface area contributed by atoms with Gasteiger partial charge in [-0.05, 0) is 46.7 Å². The first-order valence-electron chi connectivity index (χ1n) is 9.74. The van der Waals surface area contributed by atoms with Crippen LogP contribution in [0.2, 0.25) is 5.02 Å². The maximum atomic E-state index is 14.0. The lowest BCUT2D eigenvalue weighted by Crippen LogP contribution is -2.51. The molecule has 1 unspecified atom stereocenters. The van der Waals surface area contributed by atoms with Crippen molar-refractivity contribution in [2.45, 2.75) is 25.1 Å². The van der Waals surface area contributed by atoms with Crippen molar-refractivity contribution < 1.29 is 19.1 Å². The molecule has 2 atom stereocenters. The lowest BCUT2D eigenvalue weighted by atomic mass is 10.1. The molecule has 10 nitrogen and oxygen atoms in total. The molecule has 2 heterocycles. The summed E-state index contributed by atoms with van der Waals surface area (Å²) in [5.74, 6) is -1.96. The van der Waals surface area contributed by atoms with E-state index >= 15 is 0 Å². The second-order valence-electron chi connectivity index (χ2n) is 7.09. The molecule has 1 fully saturated rings. The molecule has 1 saturated heterocycles. The van der Waals surface area contributed by atoms with E-state index in [4.69, 9.17) is 11.6 Å². The maximum absolute atomic E-state index is 14.0. The summed E-state index contributed by atoms with van der Waals surface area (Å²) < 4.78 is 15.4. The Kier molecular flexibility index (Phi) is 6.40. The van der Waals surface area contributed by atoms with E-state index in [0.717, 1.165) is 11.1 Å². The zero-order chi connectivity index (χ0) is 22.7. The van der Waals surface area contributed by atoms with Gasteiger partial charge in [0.05, 0.1) is 5.69 Å². The number of amides is 2. The van der Waals surface area contributed by atoms with Gasteiger partial charge in [0.25, 0.3) is 5.91 Å². The van der Waals surface area contributed by atoms with Crippen LogP contribution in [0.5, 0.6) is 0 Å².